The van der Waals surface area contributed by atoms with Crippen LogP contribution in [0.5, 0.6) is 0 Å². The second-order valence-corrected chi connectivity index (χ2v) is 8.38. The molecule has 178 valence electrons. The molecule has 0 aromatic carbocycles. The number of aliphatic carboxylic acids is 1. The molecule has 11 nitrogen and oxygen atoms in total. The summed E-state index contributed by atoms with van der Waals surface area (Å²) in [6.45, 7) is 5.01. The molecule has 0 aromatic heterocycles. The highest BCUT2D eigenvalue weighted by atomic mass is 32.2. The monoisotopic (exact) mass is 461 g/mol. The van der Waals surface area contributed by atoms with E-state index in [1.54, 1.807) is 18.7 Å². The van der Waals surface area contributed by atoms with Gasteiger partial charge in [0.15, 0.2) is 0 Å². The summed E-state index contributed by atoms with van der Waals surface area (Å²) < 4.78 is 0. The highest BCUT2D eigenvalue weighted by Crippen LogP contribution is 2.10. The van der Waals surface area contributed by atoms with Crippen LogP contribution >= 0.6 is 11.8 Å². The van der Waals surface area contributed by atoms with Crippen molar-refractivity contribution in [3.05, 3.63) is 0 Å². The predicted octanol–water partition coefficient (Wildman–Crippen LogP) is -1.06. The van der Waals surface area contributed by atoms with Gasteiger partial charge in [0.2, 0.25) is 23.6 Å². The molecule has 31 heavy (non-hydrogen) atoms. The van der Waals surface area contributed by atoms with Crippen molar-refractivity contribution in [2.24, 2.45) is 17.4 Å². The van der Waals surface area contributed by atoms with Crippen LogP contribution in [0.4, 0.5) is 0 Å². The third-order valence-corrected chi connectivity index (χ3v) is 5.45. The number of nitrogens with two attached hydrogens (primary N) is 2. The number of hydrogen-bond donors (Lipinski definition) is 6. The predicted molar refractivity (Wildman–Crippen MR) is 118 cm³/mol. The first-order valence-corrected chi connectivity index (χ1v) is 11.5. The zero-order chi connectivity index (χ0) is 24.1. The van der Waals surface area contributed by atoms with Crippen molar-refractivity contribution in [1.29, 1.82) is 0 Å². The molecule has 0 aliphatic rings. The van der Waals surface area contributed by atoms with Crippen molar-refractivity contribution in [3.8, 4) is 0 Å². The molecular formula is C19H35N5O6S. The maximum atomic E-state index is 12.7. The van der Waals surface area contributed by atoms with E-state index in [0.29, 0.717) is 18.6 Å². The number of hydrogen-bond acceptors (Lipinski definition) is 7. The van der Waals surface area contributed by atoms with Gasteiger partial charge in [0.05, 0.1) is 6.04 Å². The van der Waals surface area contributed by atoms with Gasteiger partial charge in [-0.2, -0.15) is 11.8 Å². The van der Waals surface area contributed by atoms with Crippen LogP contribution in [0.1, 0.15) is 46.5 Å². The highest BCUT2D eigenvalue weighted by Gasteiger charge is 2.31. The van der Waals surface area contributed by atoms with Gasteiger partial charge in [0, 0.05) is 6.42 Å². The van der Waals surface area contributed by atoms with E-state index in [1.165, 1.54) is 6.92 Å². The number of carboxylic acid groups (broad SMARTS) is 1. The summed E-state index contributed by atoms with van der Waals surface area (Å²) in [4.78, 5) is 59.7. The number of amides is 4. The van der Waals surface area contributed by atoms with Crippen LogP contribution in [0, 0.1) is 5.92 Å². The minimum absolute atomic E-state index is 0.169. The lowest BCUT2D eigenvalue weighted by atomic mass is 9.97. The second-order valence-electron chi connectivity index (χ2n) is 7.39. The van der Waals surface area contributed by atoms with Crippen molar-refractivity contribution in [2.75, 3.05) is 12.0 Å². The van der Waals surface area contributed by atoms with E-state index in [4.69, 9.17) is 11.5 Å². The number of carbonyl (C=O) groups excluding carboxylic acids is 4. The summed E-state index contributed by atoms with van der Waals surface area (Å²) in [7, 11) is 0. The number of carbonyl (C=O) groups is 5. The van der Waals surface area contributed by atoms with E-state index in [9.17, 15) is 29.1 Å². The Hall–Kier alpha value is -2.34. The summed E-state index contributed by atoms with van der Waals surface area (Å²) in [6, 6.07) is -4.05. The quantitative estimate of drug-likeness (QED) is 0.177. The molecule has 4 amide bonds. The zero-order valence-electron chi connectivity index (χ0n) is 18.5. The van der Waals surface area contributed by atoms with E-state index in [0.717, 1.165) is 0 Å². The van der Waals surface area contributed by atoms with E-state index in [2.05, 4.69) is 16.0 Å². The molecule has 0 saturated heterocycles. The first-order valence-electron chi connectivity index (χ1n) is 10.1. The van der Waals surface area contributed by atoms with E-state index in [1.807, 2.05) is 13.2 Å². The van der Waals surface area contributed by atoms with Gasteiger partial charge in [-0.15, -0.1) is 0 Å². The third-order valence-electron chi connectivity index (χ3n) is 4.81. The van der Waals surface area contributed by atoms with Crippen molar-refractivity contribution in [3.63, 3.8) is 0 Å². The van der Waals surface area contributed by atoms with Crippen molar-refractivity contribution in [1.82, 2.24) is 16.0 Å². The largest absolute Gasteiger partial charge is 0.480 e. The molecule has 0 radical (unpaired) electrons. The lowest BCUT2D eigenvalue weighted by Gasteiger charge is -2.27. The van der Waals surface area contributed by atoms with Crippen LogP contribution in [0.2, 0.25) is 0 Å². The van der Waals surface area contributed by atoms with Crippen LogP contribution in [-0.2, 0) is 24.0 Å². The number of carboxylic acids is 1. The fourth-order valence-corrected chi connectivity index (χ4v) is 3.04. The van der Waals surface area contributed by atoms with Gasteiger partial charge in [-0.1, -0.05) is 20.3 Å². The van der Waals surface area contributed by atoms with Gasteiger partial charge in [0.25, 0.3) is 0 Å². The van der Waals surface area contributed by atoms with Crippen molar-refractivity contribution < 1.29 is 29.1 Å². The van der Waals surface area contributed by atoms with Crippen molar-refractivity contribution >= 4 is 41.4 Å². The van der Waals surface area contributed by atoms with Crippen LogP contribution in [0.3, 0.4) is 0 Å². The molecule has 0 aliphatic heterocycles. The molecule has 0 spiro atoms. The summed E-state index contributed by atoms with van der Waals surface area (Å²) in [5.41, 5.74) is 10.8. The summed E-state index contributed by atoms with van der Waals surface area (Å²) in [6.07, 6.45) is 2.50. The van der Waals surface area contributed by atoms with E-state index >= 15 is 0 Å². The highest BCUT2D eigenvalue weighted by molar-refractivity contribution is 7.98. The Morgan fingerprint density at radius 3 is 2.06 bits per heavy atom. The normalized spacial score (nSPS) is 15.6. The topological polar surface area (TPSA) is 194 Å². The zero-order valence-corrected chi connectivity index (χ0v) is 19.3. The van der Waals surface area contributed by atoms with Gasteiger partial charge >= 0.3 is 5.97 Å². The molecular weight excluding hydrogens is 426 g/mol. The molecule has 0 heterocycles. The minimum Gasteiger partial charge on any atom is -0.480 e. The Morgan fingerprint density at radius 2 is 1.58 bits per heavy atom. The number of primary amides is 1. The number of rotatable bonds is 15. The Balaban J connectivity index is 5.12. The SMILES string of the molecule is CCC(C)C(NC(=O)C(C)NC(=O)C(N)CCSC)C(=O)NC(CCC(N)=O)C(=O)O. The molecule has 5 atom stereocenters. The Morgan fingerprint density at radius 1 is 0.968 bits per heavy atom. The minimum atomic E-state index is -1.32. The van der Waals surface area contributed by atoms with E-state index in [-0.39, 0.29) is 18.8 Å². The molecule has 0 aromatic rings. The molecule has 0 rings (SSSR count). The van der Waals surface area contributed by atoms with Gasteiger partial charge in [0.1, 0.15) is 18.1 Å². The van der Waals surface area contributed by atoms with Crippen LogP contribution in [0.25, 0.3) is 0 Å². The van der Waals surface area contributed by atoms with Crippen LogP contribution < -0.4 is 27.4 Å². The standard InChI is InChI=1S/C19H35N5O6S/c1-5-10(2)15(18(28)23-13(19(29)30)6-7-14(21)25)24-16(26)11(3)22-17(27)12(20)8-9-31-4/h10-13,15H,5-9,20H2,1-4H3,(H2,21,25)(H,22,27)(H,23,28)(H,24,26)(H,29,30). The first kappa shape index (κ1) is 28.7. The van der Waals surface area contributed by atoms with Gasteiger partial charge in [-0.25, -0.2) is 4.79 Å². The second kappa shape index (κ2) is 14.6. The average molecular weight is 462 g/mol. The van der Waals surface area contributed by atoms with Crippen molar-refractivity contribution in [2.45, 2.75) is 70.6 Å². The molecule has 5 unspecified atom stereocenters. The van der Waals surface area contributed by atoms with Crippen LogP contribution in [0.15, 0.2) is 0 Å². The molecule has 12 heteroatoms. The third kappa shape index (κ3) is 11.0. The summed E-state index contributed by atoms with van der Waals surface area (Å²) >= 11 is 1.55. The summed E-state index contributed by atoms with van der Waals surface area (Å²) in [5.74, 6) is -3.40. The lowest BCUT2D eigenvalue weighted by Crippen LogP contribution is -2.58. The Kier molecular flexibility index (Phi) is 13.5. The van der Waals surface area contributed by atoms with Gasteiger partial charge < -0.3 is 32.5 Å². The fourth-order valence-electron chi connectivity index (χ4n) is 2.55. The number of nitrogens with one attached hydrogen (secondary N) is 3. The van der Waals surface area contributed by atoms with E-state index < -0.39 is 53.8 Å². The Labute approximate surface area is 186 Å². The molecule has 8 N–H and O–H groups in total. The van der Waals surface area contributed by atoms with Gasteiger partial charge in [-0.05, 0) is 37.7 Å². The fraction of sp³-hybridized carbons (Fsp3) is 0.737. The Bertz CT molecular complexity index is 647. The molecule has 0 aliphatic carbocycles. The smallest absolute Gasteiger partial charge is 0.326 e. The molecule has 0 fully saturated rings. The summed E-state index contributed by atoms with van der Waals surface area (Å²) in [5, 5.41) is 16.7. The maximum absolute atomic E-state index is 12.7. The van der Waals surface area contributed by atoms with Gasteiger partial charge in [-0.3, -0.25) is 19.2 Å². The molecule has 0 bridgehead atoms. The number of thioether (sulfide) groups is 1. The first-order chi connectivity index (χ1) is 14.4. The molecule has 0 saturated carbocycles. The maximum Gasteiger partial charge on any atom is 0.326 e. The van der Waals surface area contributed by atoms with Crippen LogP contribution in [-0.4, -0.2) is 70.9 Å². The lowest BCUT2D eigenvalue weighted by molar-refractivity contribution is -0.143. The average Bonchev–Trinajstić information content (AvgIpc) is 2.71.